The molecular formula is C26H23Cl2FN2O4. The number of rotatable bonds is 6. The van der Waals surface area contributed by atoms with E-state index in [2.05, 4.69) is 0 Å². The maximum atomic E-state index is 14.0. The van der Waals surface area contributed by atoms with Crippen LogP contribution in [0.3, 0.4) is 0 Å². The number of hydrogen-bond donors (Lipinski definition) is 1. The first-order valence-corrected chi connectivity index (χ1v) is 11.4. The van der Waals surface area contributed by atoms with Gasteiger partial charge < -0.3 is 24.8 Å². The minimum atomic E-state index is -0.655. The van der Waals surface area contributed by atoms with Gasteiger partial charge >= 0.3 is 5.97 Å². The minimum absolute atomic E-state index is 0.0564. The fraction of sp³-hybridized carbons (Fsp3) is 0.192. The Bertz CT molecular complexity index is 1300. The summed E-state index contributed by atoms with van der Waals surface area (Å²) in [5.74, 6) is -1.06. The normalized spacial score (nSPS) is 14.7. The fourth-order valence-corrected chi connectivity index (χ4v) is 4.54. The number of hydrogen-bond acceptors (Lipinski definition) is 6. The molecule has 6 nitrogen and oxygen atoms in total. The largest absolute Gasteiger partial charge is 0.486 e. The third-order valence-electron chi connectivity index (χ3n) is 5.69. The van der Waals surface area contributed by atoms with Crippen molar-refractivity contribution in [1.82, 2.24) is 0 Å². The molecule has 1 heterocycles. The number of carbonyl (C=O) groups is 1. The Morgan fingerprint density at radius 1 is 1.11 bits per heavy atom. The molecule has 0 saturated heterocycles. The average molecular weight is 517 g/mol. The highest BCUT2D eigenvalue weighted by Gasteiger charge is 2.36. The van der Waals surface area contributed by atoms with E-state index >= 15 is 0 Å². The summed E-state index contributed by atoms with van der Waals surface area (Å²) in [6.07, 6.45) is 0. The lowest BCUT2D eigenvalue weighted by Crippen LogP contribution is -2.27. The molecule has 2 N–H and O–H groups in total. The standard InChI is InChI=1S/C26H23Cl2FN2O4/c1-31(2)16-8-9-17-21(12-16)35-25(30)23(26(32)33-3)22(17)15-10-18(27)24(19(28)11-15)34-13-14-6-4-5-7-20(14)29/h4-12,22H,13,30H2,1-3H3. The maximum absolute atomic E-state index is 14.0. The van der Waals surface area contributed by atoms with Gasteiger partial charge in [-0.15, -0.1) is 0 Å². The van der Waals surface area contributed by atoms with E-state index in [0.717, 1.165) is 5.69 Å². The molecule has 0 spiro atoms. The lowest BCUT2D eigenvalue weighted by Gasteiger charge is -2.29. The summed E-state index contributed by atoms with van der Waals surface area (Å²) in [5, 5.41) is 0.397. The van der Waals surface area contributed by atoms with E-state index < -0.39 is 17.7 Å². The van der Waals surface area contributed by atoms with Gasteiger partial charge in [-0.3, -0.25) is 0 Å². The maximum Gasteiger partial charge on any atom is 0.340 e. The number of benzene rings is 3. The zero-order valence-corrected chi connectivity index (χ0v) is 20.8. The van der Waals surface area contributed by atoms with Crippen LogP contribution >= 0.6 is 23.2 Å². The first-order chi connectivity index (χ1) is 16.7. The predicted octanol–water partition coefficient (Wildman–Crippen LogP) is 5.65. The Morgan fingerprint density at radius 3 is 2.43 bits per heavy atom. The Labute approximate surface area is 212 Å². The Balaban J connectivity index is 1.76. The second-order valence-electron chi connectivity index (χ2n) is 8.11. The van der Waals surface area contributed by atoms with E-state index in [9.17, 15) is 9.18 Å². The van der Waals surface area contributed by atoms with Gasteiger partial charge in [0.15, 0.2) is 5.75 Å². The van der Waals surface area contributed by atoms with Gasteiger partial charge in [0.25, 0.3) is 0 Å². The summed E-state index contributed by atoms with van der Waals surface area (Å²) in [5.41, 5.74) is 8.84. The molecule has 35 heavy (non-hydrogen) atoms. The van der Waals surface area contributed by atoms with Crippen molar-refractivity contribution in [3.8, 4) is 11.5 Å². The van der Waals surface area contributed by atoms with Crippen LogP contribution in [0.25, 0.3) is 0 Å². The van der Waals surface area contributed by atoms with Crippen LogP contribution in [0.4, 0.5) is 10.1 Å². The van der Waals surface area contributed by atoms with Gasteiger partial charge in [0.05, 0.1) is 23.1 Å². The van der Waals surface area contributed by atoms with Crippen molar-refractivity contribution in [3.63, 3.8) is 0 Å². The van der Waals surface area contributed by atoms with Crippen LogP contribution in [0.5, 0.6) is 11.5 Å². The van der Waals surface area contributed by atoms with Crippen molar-refractivity contribution >= 4 is 34.9 Å². The molecule has 4 rings (SSSR count). The van der Waals surface area contributed by atoms with Crippen molar-refractivity contribution in [3.05, 3.63) is 98.6 Å². The molecule has 1 aliphatic rings. The second-order valence-corrected chi connectivity index (χ2v) is 8.93. The number of halogens is 3. The summed E-state index contributed by atoms with van der Waals surface area (Å²) in [6, 6.07) is 15.1. The molecule has 0 saturated carbocycles. The number of esters is 1. The third kappa shape index (κ3) is 4.88. The summed E-state index contributed by atoms with van der Waals surface area (Å²) < 4.78 is 30.5. The van der Waals surface area contributed by atoms with Gasteiger partial charge in [0, 0.05) is 37.0 Å². The van der Waals surface area contributed by atoms with E-state index in [-0.39, 0.29) is 33.9 Å². The number of methoxy groups -OCH3 is 1. The molecule has 1 unspecified atom stereocenters. The number of carbonyl (C=O) groups excluding carboxylic acids is 1. The highest BCUT2D eigenvalue weighted by Crippen LogP contribution is 2.46. The molecule has 3 aromatic carbocycles. The number of anilines is 1. The van der Waals surface area contributed by atoms with E-state index in [1.54, 1.807) is 30.3 Å². The minimum Gasteiger partial charge on any atom is -0.486 e. The van der Waals surface area contributed by atoms with Crippen LogP contribution in [0, 0.1) is 5.82 Å². The second kappa shape index (κ2) is 10.1. The Morgan fingerprint density at radius 2 is 1.80 bits per heavy atom. The Hall–Kier alpha value is -3.42. The SMILES string of the molecule is COC(=O)C1=C(N)Oc2cc(N(C)C)ccc2C1c1cc(Cl)c(OCc2ccccc2F)c(Cl)c1. The monoisotopic (exact) mass is 516 g/mol. The lowest BCUT2D eigenvalue weighted by molar-refractivity contribution is -0.136. The number of fused-ring (bicyclic) bond motifs is 1. The topological polar surface area (TPSA) is 74.0 Å². The molecule has 0 bridgehead atoms. The summed E-state index contributed by atoms with van der Waals surface area (Å²) in [7, 11) is 5.07. The highest BCUT2D eigenvalue weighted by molar-refractivity contribution is 6.37. The zero-order valence-electron chi connectivity index (χ0n) is 19.3. The molecule has 9 heteroatoms. The van der Waals surface area contributed by atoms with Crippen LogP contribution in [0.15, 0.2) is 66.1 Å². The average Bonchev–Trinajstić information content (AvgIpc) is 2.82. The fourth-order valence-electron chi connectivity index (χ4n) is 3.92. The van der Waals surface area contributed by atoms with Crippen LogP contribution in [0.2, 0.25) is 10.0 Å². The van der Waals surface area contributed by atoms with Gasteiger partial charge in [0.1, 0.15) is 23.7 Å². The molecule has 1 aliphatic heterocycles. The van der Waals surface area contributed by atoms with E-state index in [4.69, 9.17) is 43.1 Å². The molecule has 0 aliphatic carbocycles. The highest BCUT2D eigenvalue weighted by atomic mass is 35.5. The molecule has 182 valence electrons. The van der Waals surface area contributed by atoms with E-state index in [0.29, 0.717) is 22.4 Å². The van der Waals surface area contributed by atoms with Gasteiger partial charge in [-0.05, 0) is 29.8 Å². The van der Waals surface area contributed by atoms with Gasteiger partial charge in [-0.2, -0.15) is 0 Å². The summed E-state index contributed by atoms with van der Waals surface area (Å²) >= 11 is 13.1. The molecule has 0 radical (unpaired) electrons. The van der Waals surface area contributed by atoms with Crippen LogP contribution < -0.4 is 20.1 Å². The van der Waals surface area contributed by atoms with Crippen molar-refractivity contribution < 1.29 is 23.4 Å². The van der Waals surface area contributed by atoms with Gasteiger partial charge in [-0.25, -0.2) is 9.18 Å². The number of ether oxygens (including phenoxy) is 3. The summed E-state index contributed by atoms with van der Waals surface area (Å²) in [4.78, 5) is 14.6. The van der Waals surface area contributed by atoms with Crippen LogP contribution in [0.1, 0.15) is 22.6 Å². The van der Waals surface area contributed by atoms with E-state index in [1.165, 1.54) is 13.2 Å². The summed E-state index contributed by atoms with van der Waals surface area (Å²) in [6.45, 7) is -0.0564. The molecule has 0 aromatic heterocycles. The number of nitrogens with zero attached hydrogens (tertiary/aromatic N) is 1. The predicted molar refractivity (Wildman–Crippen MR) is 134 cm³/mol. The van der Waals surface area contributed by atoms with Crippen molar-refractivity contribution in [2.75, 3.05) is 26.1 Å². The van der Waals surface area contributed by atoms with Crippen LogP contribution in [-0.4, -0.2) is 27.2 Å². The quantitative estimate of drug-likeness (QED) is 0.427. The van der Waals surface area contributed by atoms with Crippen molar-refractivity contribution in [1.29, 1.82) is 0 Å². The third-order valence-corrected chi connectivity index (χ3v) is 6.25. The van der Waals surface area contributed by atoms with Crippen LogP contribution in [-0.2, 0) is 16.1 Å². The number of nitrogens with two attached hydrogens (primary N) is 1. The lowest BCUT2D eigenvalue weighted by atomic mass is 9.83. The van der Waals surface area contributed by atoms with Crippen molar-refractivity contribution in [2.24, 2.45) is 5.73 Å². The van der Waals surface area contributed by atoms with Gasteiger partial charge in [-0.1, -0.05) is 47.5 Å². The molecule has 0 amide bonds. The first-order valence-electron chi connectivity index (χ1n) is 10.6. The first kappa shape index (κ1) is 24.7. The molecule has 0 fully saturated rings. The molecular weight excluding hydrogens is 494 g/mol. The molecule has 1 atom stereocenters. The zero-order chi connectivity index (χ0) is 25.3. The van der Waals surface area contributed by atoms with Crippen molar-refractivity contribution in [2.45, 2.75) is 12.5 Å². The van der Waals surface area contributed by atoms with E-state index in [1.807, 2.05) is 37.2 Å². The molecule has 3 aromatic rings. The Kier molecular flexibility index (Phi) is 7.10. The smallest absolute Gasteiger partial charge is 0.340 e. The van der Waals surface area contributed by atoms with Gasteiger partial charge in [0.2, 0.25) is 5.88 Å².